The molecule has 6 nitrogen and oxygen atoms in total. The molecule has 4 unspecified atom stereocenters. The van der Waals surface area contributed by atoms with Crippen molar-refractivity contribution in [1.82, 2.24) is 0 Å². The van der Waals surface area contributed by atoms with Crippen molar-refractivity contribution in [2.75, 3.05) is 0 Å². The van der Waals surface area contributed by atoms with Crippen LogP contribution >= 0.6 is 0 Å². The highest BCUT2D eigenvalue weighted by Crippen LogP contribution is 2.76. The molecule has 3 aliphatic heterocycles. The van der Waals surface area contributed by atoms with E-state index in [4.69, 9.17) is 14.2 Å². The molecule has 1 N–H and O–H groups in total. The van der Waals surface area contributed by atoms with Gasteiger partial charge >= 0.3 is 11.9 Å². The van der Waals surface area contributed by atoms with Gasteiger partial charge in [0, 0.05) is 12.3 Å². The van der Waals surface area contributed by atoms with Crippen LogP contribution in [0, 0.1) is 23.2 Å². The standard InChI is InChI=1S/C15H18O6/c1-5(2)7-8-11(16)19-9(7)10-13(3)14(8,18)4-6-15(13,21-6)12(17)20-10/h5-10,18H,4H2,1-3H3/t6?,7-,8?,9?,10+,13+,14+,15?/m0/s1. The molecule has 5 fully saturated rings. The fourth-order valence-electron chi connectivity index (χ4n) is 5.84. The Hall–Kier alpha value is -1.14. The van der Waals surface area contributed by atoms with Gasteiger partial charge in [-0.1, -0.05) is 13.8 Å². The van der Waals surface area contributed by atoms with Crippen molar-refractivity contribution in [3.63, 3.8) is 0 Å². The van der Waals surface area contributed by atoms with E-state index in [1.807, 2.05) is 20.8 Å². The smallest absolute Gasteiger partial charge is 0.342 e. The lowest BCUT2D eigenvalue weighted by atomic mass is 9.52. The van der Waals surface area contributed by atoms with Crippen molar-refractivity contribution in [2.45, 2.75) is 56.7 Å². The molecule has 2 aliphatic carbocycles. The molecule has 0 aromatic carbocycles. The molecule has 2 saturated carbocycles. The monoisotopic (exact) mass is 294 g/mol. The Morgan fingerprint density at radius 1 is 1.29 bits per heavy atom. The summed E-state index contributed by atoms with van der Waals surface area (Å²) >= 11 is 0. The summed E-state index contributed by atoms with van der Waals surface area (Å²) in [5.41, 5.74) is -3.24. The third kappa shape index (κ3) is 0.908. The maximum Gasteiger partial charge on any atom is 0.342 e. The molecular weight excluding hydrogens is 276 g/mol. The number of carbonyl (C=O) groups excluding carboxylic acids is 2. The van der Waals surface area contributed by atoms with E-state index in [1.165, 1.54) is 0 Å². The fourth-order valence-corrected chi connectivity index (χ4v) is 5.84. The molecule has 0 aromatic rings. The quantitative estimate of drug-likeness (QED) is 0.542. The molecule has 21 heavy (non-hydrogen) atoms. The number of ether oxygens (including phenoxy) is 3. The summed E-state index contributed by atoms with van der Waals surface area (Å²) in [6, 6.07) is 0. The third-order valence-electron chi connectivity index (χ3n) is 6.85. The Balaban J connectivity index is 1.76. The number of esters is 2. The van der Waals surface area contributed by atoms with Crippen LogP contribution in [0.25, 0.3) is 0 Å². The first kappa shape index (κ1) is 12.4. The summed E-state index contributed by atoms with van der Waals surface area (Å²) in [6.45, 7) is 5.85. The van der Waals surface area contributed by atoms with Gasteiger partial charge in [-0.25, -0.2) is 4.79 Å². The highest BCUT2D eigenvalue weighted by molar-refractivity contribution is 5.91. The Kier molecular flexibility index (Phi) is 1.77. The second-order valence-electron chi connectivity index (χ2n) is 7.70. The van der Waals surface area contributed by atoms with E-state index in [2.05, 4.69) is 0 Å². The molecule has 5 aliphatic rings. The number of hydrogen-bond acceptors (Lipinski definition) is 6. The number of rotatable bonds is 1. The minimum Gasteiger partial charge on any atom is -0.458 e. The normalized spacial score (nSPS) is 62.4. The van der Waals surface area contributed by atoms with Crippen LogP contribution < -0.4 is 0 Å². The fraction of sp³-hybridized carbons (Fsp3) is 0.867. The molecular formula is C15H18O6. The summed E-state index contributed by atoms with van der Waals surface area (Å²) in [5, 5.41) is 11.4. The third-order valence-corrected chi connectivity index (χ3v) is 6.85. The summed E-state index contributed by atoms with van der Waals surface area (Å²) in [5.74, 6) is -1.31. The number of fused-ring (bicyclic) bond motifs is 4. The predicted octanol–water partition coefficient (Wildman–Crippen LogP) is 0.0179. The molecule has 5 rings (SSSR count). The molecule has 0 amide bonds. The van der Waals surface area contributed by atoms with Gasteiger partial charge in [-0.2, -0.15) is 0 Å². The van der Waals surface area contributed by atoms with Gasteiger partial charge in [-0.15, -0.1) is 0 Å². The highest BCUT2D eigenvalue weighted by atomic mass is 16.7. The molecule has 6 heteroatoms. The predicted molar refractivity (Wildman–Crippen MR) is 66.9 cm³/mol. The molecule has 8 atom stereocenters. The SMILES string of the molecule is CC(C)[C@@H]1C2OC(=O)C1[C@]1(O)CC3OC34C(=O)O[C@H]2[C@@]41C. The number of epoxide rings is 1. The summed E-state index contributed by atoms with van der Waals surface area (Å²) in [4.78, 5) is 24.7. The van der Waals surface area contributed by atoms with Gasteiger partial charge in [0.1, 0.15) is 12.2 Å². The summed E-state index contributed by atoms with van der Waals surface area (Å²) in [7, 11) is 0. The van der Waals surface area contributed by atoms with Gasteiger partial charge in [0.2, 0.25) is 5.60 Å². The van der Waals surface area contributed by atoms with Crippen molar-refractivity contribution in [2.24, 2.45) is 23.2 Å². The van der Waals surface area contributed by atoms with E-state index in [-0.39, 0.29) is 23.9 Å². The summed E-state index contributed by atoms with van der Waals surface area (Å²) < 4.78 is 16.7. The molecule has 2 bridgehead atoms. The molecule has 0 radical (unpaired) electrons. The van der Waals surface area contributed by atoms with Gasteiger partial charge in [-0.05, 0) is 12.8 Å². The van der Waals surface area contributed by atoms with Crippen molar-refractivity contribution in [3.8, 4) is 0 Å². The lowest BCUT2D eigenvalue weighted by Crippen LogP contribution is -2.66. The maximum atomic E-state index is 12.4. The first-order chi connectivity index (χ1) is 9.79. The Bertz CT molecular complexity index is 601. The van der Waals surface area contributed by atoms with Crippen LogP contribution in [-0.2, 0) is 23.8 Å². The van der Waals surface area contributed by atoms with Gasteiger partial charge in [0.05, 0.1) is 16.9 Å². The van der Waals surface area contributed by atoms with E-state index >= 15 is 0 Å². The second-order valence-corrected chi connectivity index (χ2v) is 7.70. The Morgan fingerprint density at radius 3 is 2.67 bits per heavy atom. The van der Waals surface area contributed by atoms with E-state index in [9.17, 15) is 14.7 Å². The number of aliphatic hydroxyl groups is 1. The summed E-state index contributed by atoms with van der Waals surface area (Å²) in [6.07, 6.45) is -1.10. The topological polar surface area (TPSA) is 85.4 Å². The van der Waals surface area contributed by atoms with Gasteiger partial charge in [-0.3, -0.25) is 4.79 Å². The zero-order valence-corrected chi connectivity index (χ0v) is 12.2. The second kappa shape index (κ2) is 2.99. The van der Waals surface area contributed by atoms with Crippen molar-refractivity contribution in [1.29, 1.82) is 0 Å². The first-order valence-corrected chi connectivity index (χ1v) is 7.61. The van der Waals surface area contributed by atoms with Crippen molar-refractivity contribution >= 4 is 11.9 Å². The van der Waals surface area contributed by atoms with Crippen LogP contribution in [0.1, 0.15) is 27.2 Å². The van der Waals surface area contributed by atoms with Crippen LogP contribution in [-0.4, -0.2) is 46.6 Å². The highest BCUT2D eigenvalue weighted by Gasteiger charge is 2.95. The lowest BCUT2D eigenvalue weighted by Gasteiger charge is -2.51. The van der Waals surface area contributed by atoms with Crippen LogP contribution in [0.2, 0.25) is 0 Å². The average molecular weight is 294 g/mol. The van der Waals surface area contributed by atoms with Gasteiger partial charge < -0.3 is 19.3 Å². The molecule has 0 aromatic heterocycles. The van der Waals surface area contributed by atoms with Crippen molar-refractivity contribution < 1.29 is 28.9 Å². The number of carbonyl (C=O) groups is 2. The Morgan fingerprint density at radius 2 is 2.00 bits per heavy atom. The first-order valence-electron chi connectivity index (χ1n) is 7.61. The Labute approximate surface area is 121 Å². The minimum atomic E-state index is -1.29. The van der Waals surface area contributed by atoms with E-state index in [0.717, 1.165) is 0 Å². The van der Waals surface area contributed by atoms with Gasteiger partial charge in [0.25, 0.3) is 0 Å². The van der Waals surface area contributed by atoms with Crippen LogP contribution in [0.3, 0.4) is 0 Å². The number of hydrogen-bond donors (Lipinski definition) is 1. The van der Waals surface area contributed by atoms with E-state index in [1.54, 1.807) is 0 Å². The van der Waals surface area contributed by atoms with E-state index in [0.29, 0.717) is 6.42 Å². The molecule has 1 spiro atoms. The molecule has 3 heterocycles. The van der Waals surface area contributed by atoms with Crippen LogP contribution in [0.4, 0.5) is 0 Å². The molecule has 114 valence electrons. The lowest BCUT2D eigenvalue weighted by molar-refractivity contribution is -0.205. The van der Waals surface area contributed by atoms with Crippen LogP contribution in [0.15, 0.2) is 0 Å². The van der Waals surface area contributed by atoms with Crippen LogP contribution in [0.5, 0.6) is 0 Å². The maximum absolute atomic E-state index is 12.4. The van der Waals surface area contributed by atoms with E-state index < -0.39 is 40.7 Å². The zero-order valence-electron chi connectivity index (χ0n) is 12.2. The average Bonchev–Trinajstić information content (AvgIpc) is 2.86. The zero-order chi connectivity index (χ0) is 14.9. The van der Waals surface area contributed by atoms with Gasteiger partial charge in [0.15, 0.2) is 6.10 Å². The largest absolute Gasteiger partial charge is 0.458 e. The minimum absolute atomic E-state index is 0.124. The van der Waals surface area contributed by atoms with Crippen molar-refractivity contribution in [3.05, 3.63) is 0 Å². The molecule has 3 saturated heterocycles.